The van der Waals surface area contributed by atoms with Crippen LogP contribution in [0.1, 0.15) is 31.2 Å². The summed E-state index contributed by atoms with van der Waals surface area (Å²) >= 11 is 1.40. The van der Waals surface area contributed by atoms with E-state index in [0.29, 0.717) is 10.9 Å². The molecule has 6 heteroatoms. The van der Waals surface area contributed by atoms with E-state index in [9.17, 15) is 4.79 Å². The molecule has 3 rings (SSSR count). The van der Waals surface area contributed by atoms with E-state index in [4.69, 9.17) is 9.47 Å². The number of ether oxygens (including phenoxy) is 2. The van der Waals surface area contributed by atoms with E-state index >= 15 is 0 Å². The summed E-state index contributed by atoms with van der Waals surface area (Å²) in [4.78, 5) is 17.5. The maximum atomic E-state index is 12.9. The first-order chi connectivity index (χ1) is 13.7. The molecule has 0 fully saturated rings. The van der Waals surface area contributed by atoms with Gasteiger partial charge in [0.2, 0.25) is 5.91 Å². The zero-order valence-corrected chi connectivity index (χ0v) is 17.1. The minimum absolute atomic E-state index is 0.0356. The molecule has 3 aromatic rings. The van der Waals surface area contributed by atoms with Gasteiger partial charge in [0.15, 0.2) is 5.13 Å². The molecule has 0 aliphatic rings. The summed E-state index contributed by atoms with van der Waals surface area (Å²) < 4.78 is 10.7. The summed E-state index contributed by atoms with van der Waals surface area (Å²) in [6.45, 7) is 2.08. The fourth-order valence-corrected chi connectivity index (χ4v) is 3.80. The van der Waals surface area contributed by atoms with E-state index < -0.39 is 0 Å². The van der Waals surface area contributed by atoms with Crippen molar-refractivity contribution < 1.29 is 14.3 Å². The highest BCUT2D eigenvalue weighted by atomic mass is 32.1. The van der Waals surface area contributed by atoms with E-state index in [1.54, 1.807) is 14.2 Å². The molecule has 1 aromatic heterocycles. The molecule has 5 nitrogen and oxygen atoms in total. The predicted molar refractivity (Wildman–Crippen MR) is 113 cm³/mol. The van der Waals surface area contributed by atoms with Gasteiger partial charge in [0, 0.05) is 10.9 Å². The Morgan fingerprint density at radius 1 is 1.14 bits per heavy atom. The third-order valence-corrected chi connectivity index (χ3v) is 5.27. The summed E-state index contributed by atoms with van der Waals surface area (Å²) in [6, 6.07) is 15.4. The monoisotopic (exact) mass is 396 g/mol. The van der Waals surface area contributed by atoms with Crippen LogP contribution in [0.15, 0.2) is 53.9 Å². The Hall–Kier alpha value is -2.86. The first kappa shape index (κ1) is 19.9. The molecule has 0 unspecified atom stereocenters. The number of nitrogens with one attached hydrogen (secondary N) is 1. The van der Waals surface area contributed by atoms with Gasteiger partial charge < -0.3 is 14.8 Å². The highest BCUT2D eigenvalue weighted by molar-refractivity contribution is 7.14. The molecule has 1 heterocycles. The number of benzene rings is 2. The van der Waals surface area contributed by atoms with Gasteiger partial charge in [-0.3, -0.25) is 4.79 Å². The Kier molecular flexibility index (Phi) is 6.66. The van der Waals surface area contributed by atoms with E-state index in [1.165, 1.54) is 11.3 Å². The van der Waals surface area contributed by atoms with E-state index in [1.807, 2.05) is 53.9 Å². The van der Waals surface area contributed by atoms with Crippen LogP contribution in [0.2, 0.25) is 0 Å². The standard InChI is InChI=1S/C22H24N2O3S/c1-4-8-17(15-9-6-5-7-10-15)21(25)24-22-23-19(14-28-22)18-13-16(26-2)11-12-20(18)27-3/h5-7,9-14,17H,4,8H2,1-3H3,(H,23,24,25)/t17-/m0/s1. The van der Waals surface area contributed by atoms with Crippen LogP contribution >= 0.6 is 11.3 Å². The van der Waals surface area contributed by atoms with Crippen LogP contribution < -0.4 is 14.8 Å². The zero-order chi connectivity index (χ0) is 19.9. The van der Waals surface area contributed by atoms with Crippen LogP contribution in [-0.2, 0) is 4.79 Å². The highest BCUT2D eigenvalue weighted by Crippen LogP contribution is 2.35. The molecule has 0 saturated heterocycles. The normalized spacial score (nSPS) is 11.7. The number of amides is 1. The summed E-state index contributed by atoms with van der Waals surface area (Å²) in [6.07, 6.45) is 1.72. The van der Waals surface area contributed by atoms with Crippen molar-refractivity contribution in [3.05, 3.63) is 59.5 Å². The molecule has 2 aromatic carbocycles. The van der Waals surface area contributed by atoms with Gasteiger partial charge >= 0.3 is 0 Å². The quantitative estimate of drug-likeness (QED) is 0.558. The van der Waals surface area contributed by atoms with Crippen molar-refractivity contribution in [3.8, 4) is 22.8 Å². The SMILES string of the molecule is CCC[C@H](C(=O)Nc1nc(-c2cc(OC)ccc2OC)cs1)c1ccccc1. The molecular weight excluding hydrogens is 372 g/mol. The second-order valence-corrected chi connectivity index (χ2v) is 7.20. The number of thiazole rings is 1. The van der Waals surface area contributed by atoms with Gasteiger partial charge in [0.05, 0.1) is 25.8 Å². The van der Waals surface area contributed by atoms with Crippen LogP contribution in [0.5, 0.6) is 11.5 Å². The average molecular weight is 397 g/mol. The van der Waals surface area contributed by atoms with E-state index in [0.717, 1.165) is 35.4 Å². The predicted octanol–water partition coefficient (Wildman–Crippen LogP) is 5.35. The summed E-state index contributed by atoms with van der Waals surface area (Å²) in [5.41, 5.74) is 2.59. The zero-order valence-electron chi connectivity index (χ0n) is 16.3. The largest absolute Gasteiger partial charge is 0.497 e. The Morgan fingerprint density at radius 2 is 1.93 bits per heavy atom. The van der Waals surface area contributed by atoms with Crippen molar-refractivity contribution in [2.24, 2.45) is 0 Å². The number of anilines is 1. The van der Waals surface area contributed by atoms with Gasteiger partial charge in [-0.05, 0) is 30.2 Å². The fourth-order valence-electron chi connectivity index (χ4n) is 3.08. The Morgan fingerprint density at radius 3 is 2.61 bits per heavy atom. The molecule has 146 valence electrons. The molecule has 0 radical (unpaired) electrons. The number of rotatable bonds is 8. The van der Waals surface area contributed by atoms with Crippen molar-refractivity contribution in [3.63, 3.8) is 0 Å². The minimum Gasteiger partial charge on any atom is -0.497 e. The molecular formula is C22H24N2O3S. The Labute approximate surface area is 169 Å². The second-order valence-electron chi connectivity index (χ2n) is 6.35. The number of carbonyl (C=O) groups excluding carboxylic acids is 1. The maximum absolute atomic E-state index is 12.9. The number of carbonyl (C=O) groups is 1. The van der Waals surface area contributed by atoms with Crippen molar-refractivity contribution in [2.45, 2.75) is 25.7 Å². The van der Waals surface area contributed by atoms with Gasteiger partial charge in [0.1, 0.15) is 11.5 Å². The topological polar surface area (TPSA) is 60.5 Å². The molecule has 0 bridgehead atoms. The molecule has 1 atom stereocenters. The molecule has 0 saturated carbocycles. The van der Waals surface area contributed by atoms with Crippen LogP contribution in [-0.4, -0.2) is 25.1 Å². The van der Waals surface area contributed by atoms with Crippen molar-refractivity contribution >= 4 is 22.4 Å². The van der Waals surface area contributed by atoms with Crippen molar-refractivity contribution in [1.82, 2.24) is 4.98 Å². The van der Waals surface area contributed by atoms with Crippen molar-refractivity contribution in [2.75, 3.05) is 19.5 Å². The highest BCUT2D eigenvalue weighted by Gasteiger charge is 2.21. The van der Waals surface area contributed by atoms with Gasteiger partial charge in [-0.15, -0.1) is 11.3 Å². The van der Waals surface area contributed by atoms with Gasteiger partial charge in [-0.2, -0.15) is 0 Å². The number of methoxy groups -OCH3 is 2. The summed E-state index contributed by atoms with van der Waals surface area (Å²) in [7, 11) is 3.24. The van der Waals surface area contributed by atoms with Gasteiger partial charge in [-0.1, -0.05) is 43.7 Å². The first-order valence-electron chi connectivity index (χ1n) is 9.20. The minimum atomic E-state index is -0.190. The first-order valence-corrected chi connectivity index (χ1v) is 10.1. The van der Waals surface area contributed by atoms with E-state index in [-0.39, 0.29) is 11.8 Å². The Bertz CT molecular complexity index is 925. The second kappa shape index (κ2) is 9.37. The molecule has 0 aliphatic carbocycles. The maximum Gasteiger partial charge on any atom is 0.233 e. The van der Waals surface area contributed by atoms with Gasteiger partial charge in [-0.25, -0.2) is 4.98 Å². The lowest BCUT2D eigenvalue weighted by atomic mass is 9.94. The lowest BCUT2D eigenvalue weighted by Crippen LogP contribution is -2.21. The molecule has 0 spiro atoms. The molecule has 1 N–H and O–H groups in total. The lowest BCUT2D eigenvalue weighted by molar-refractivity contribution is -0.117. The fraction of sp³-hybridized carbons (Fsp3) is 0.273. The molecule has 1 amide bonds. The number of aromatic nitrogens is 1. The average Bonchev–Trinajstić information content (AvgIpc) is 3.20. The van der Waals surface area contributed by atoms with E-state index in [2.05, 4.69) is 17.2 Å². The molecule has 0 aliphatic heterocycles. The number of hydrogen-bond donors (Lipinski definition) is 1. The van der Waals surface area contributed by atoms with Crippen LogP contribution in [0.25, 0.3) is 11.3 Å². The Balaban J connectivity index is 1.81. The van der Waals surface area contributed by atoms with Crippen LogP contribution in [0.3, 0.4) is 0 Å². The van der Waals surface area contributed by atoms with Crippen LogP contribution in [0, 0.1) is 0 Å². The lowest BCUT2D eigenvalue weighted by Gasteiger charge is -2.15. The third kappa shape index (κ3) is 4.51. The van der Waals surface area contributed by atoms with Gasteiger partial charge in [0.25, 0.3) is 0 Å². The van der Waals surface area contributed by atoms with Crippen molar-refractivity contribution in [1.29, 1.82) is 0 Å². The van der Waals surface area contributed by atoms with Crippen LogP contribution in [0.4, 0.5) is 5.13 Å². The smallest absolute Gasteiger partial charge is 0.233 e. The number of hydrogen-bond acceptors (Lipinski definition) is 5. The summed E-state index contributed by atoms with van der Waals surface area (Å²) in [5, 5.41) is 5.46. The number of nitrogens with zero attached hydrogens (tertiary/aromatic N) is 1. The third-order valence-electron chi connectivity index (χ3n) is 4.51. The summed E-state index contributed by atoms with van der Waals surface area (Å²) in [5.74, 6) is 1.20. The molecule has 28 heavy (non-hydrogen) atoms.